The molecule has 2 rings (SSSR count). The summed E-state index contributed by atoms with van der Waals surface area (Å²) in [6, 6.07) is 8.64. The average molecular weight is 233 g/mol. The molecule has 1 heterocycles. The van der Waals surface area contributed by atoms with Gasteiger partial charge in [0.15, 0.2) is 0 Å². The summed E-state index contributed by atoms with van der Waals surface area (Å²) >= 11 is 0. The van der Waals surface area contributed by atoms with E-state index in [1.165, 1.54) is 11.1 Å². The molecule has 2 N–H and O–H groups in total. The molecule has 0 aliphatic carbocycles. The molecule has 1 aliphatic rings. The molecule has 1 aliphatic heterocycles. The molecule has 1 aromatic carbocycles. The highest BCUT2D eigenvalue weighted by molar-refractivity contribution is 5.36. The second-order valence-electron chi connectivity index (χ2n) is 5.55. The fourth-order valence-electron chi connectivity index (χ4n) is 3.16. The Labute approximate surface area is 104 Å². The SMILES string of the molecule is Cc1ccccc1C1(C(CN)C(C)C)COC1. The lowest BCUT2D eigenvalue weighted by Gasteiger charge is -2.49. The van der Waals surface area contributed by atoms with Gasteiger partial charge in [-0.1, -0.05) is 38.1 Å². The van der Waals surface area contributed by atoms with Crippen LogP contribution in [0.1, 0.15) is 25.0 Å². The third-order valence-electron chi connectivity index (χ3n) is 4.17. The molecule has 0 radical (unpaired) electrons. The molecule has 0 spiro atoms. The lowest BCUT2D eigenvalue weighted by molar-refractivity contribution is -0.0985. The van der Waals surface area contributed by atoms with Crippen LogP contribution in [0.5, 0.6) is 0 Å². The number of benzene rings is 1. The van der Waals surface area contributed by atoms with Crippen molar-refractivity contribution in [3.63, 3.8) is 0 Å². The first kappa shape index (κ1) is 12.6. The number of hydrogen-bond donors (Lipinski definition) is 1. The first-order valence-electron chi connectivity index (χ1n) is 6.46. The van der Waals surface area contributed by atoms with E-state index >= 15 is 0 Å². The van der Waals surface area contributed by atoms with Crippen molar-refractivity contribution in [2.45, 2.75) is 26.2 Å². The Morgan fingerprint density at radius 1 is 1.29 bits per heavy atom. The molecule has 0 saturated carbocycles. The average Bonchev–Trinajstić information content (AvgIpc) is 2.24. The topological polar surface area (TPSA) is 35.2 Å². The van der Waals surface area contributed by atoms with Crippen LogP contribution in [0.2, 0.25) is 0 Å². The first-order valence-corrected chi connectivity index (χ1v) is 6.46. The van der Waals surface area contributed by atoms with E-state index in [9.17, 15) is 0 Å². The minimum atomic E-state index is 0.147. The van der Waals surface area contributed by atoms with E-state index in [4.69, 9.17) is 10.5 Å². The van der Waals surface area contributed by atoms with E-state index in [-0.39, 0.29) is 5.41 Å². The van der Waals surface area contributed by atoms with Gasteiger partial charge in [-0.25, -0.2) is 0 Å². The minimum Gasteiger partial charge on any atom is -0.379 e. The standard InChI is InChI=1S/C15H23NO/c1-11(2)14(8-16)15(9-17-10-15)13-7-5-4-6-12(13)3/h4-7,11,14H,8-10,16H2,1-3H3. The van der Waals surface area contributed by atoms with Crippen molar-refractivity contribution < 1.29 is 4.74 Å². The molecule has 2 heteroatoms. The second kappa shape index (κ2) is 4.79. The third-order valence-corrected chi connectivity index (χ3v) is 4.17. The van der Waals surface area contributed by atoms with Gasteiger partial charge in [0, 0.05) is 5.41 Å². The third kappa shape index (κ3) is 2.00. The Kier molecular flexibility index (Phi) is 3.55. The summed E-state index contributed by atoms with van der Waals surface area (Å²) in [6.45, 7) is 9.07. The smallest absolute Gasteiger partial charge is 0.0589 e. The molecule has 2 nitrogen and oxygen atoms in total. The largest absolute Gasteiger partial charge is 0.379 e. The van der Waals surface area contributed by atoms with Gasteiger partial charge < -0.3 is 10.5 Å². The molecule has 0 aromatic heterocycles. The fourth-order valence-corrected chi connectivity index (χ4v) is 3.16. The maximum Gasteiger partial charge on any atom is 0.0589 e. The zero-order chi connectivity index (χ0) is 12.5. The number of hydrogen-bond acceptors (Lipinski definition) is 2. The van der Waals surface area contributed by atoms with Gasteiger partial charge in [0.05, 0.1) is 13.2 Å². The molecule has 1 saturated heterocycles. The van der Waals surface area contributed by atoms with Gasteiger partial charge in [0.25, 0.3) is 0 Å². The maximum atomic E-state index is 6.00. The van der Waals surface area contributed by atoms with Crippen LogP contribution < -0.4 is 5.73 Å². The molecular formula is C15H23NO. The molecule has 17 heavy (non-hydrogen) atoms. The van der Waals surface area contributed by atoms with Crippen LogP contribution in [-0.2, 0) is 10.2 Å². The van der Waals surface area contributed by atoms with Gasteiger partial charge in [0.2, 0.25) is 0 Å². The van der Waals surface area contributed by atoms with Crippen molar-refractivity contribution in [3.8, 4) is 0 Å². The zero-order valence-corrected chi connectivity index (χ0v) is 11.1. The summed E-state index contributed by atoms with van der Waals surface area (Å²) in [4.78, 5) is 0. The van der Waals surface area contributed by atoms with Crippen LogP contribution in [0, 0.1) is 18.8 Å². The van der Waals surface area contributed by atoms with Gasteiger partial charge >= 0.3 is 0 Å². The summed E-state index contributed by atoms with van der Waals surface area (Å²) < 4.78 is 5.53. The summed E-state index contributed by atoms with van der Waals surface area (Å²) in [5, 5.41) is 0. The quantitative estimate of drug-likeness (QED) is 0.867. The van der Waals surface area contributed by atoms with E-state index in [0.717, 1.165) is 19.8 Å². The van der Waals surface area contributed by atoms with Crippen molar-refractivity contribution in [1.82, 2.24) is 0 Å². The van der Waals surface area contributed by atoms with Crippen LogP contribution in [0.4, 0.5) is 0 Å². The summed E-state index contributed by atoms with van der Waals surface area (Å²) in [7, 11) is 0. The molecule has 0 amide bonds. The van der Waals surface area contributed by atoms with Crippen LogP contribution in [0.25, 0.3) is 0 Å². The number of rotatable bonds is 4. The van der Waals surface area contributed by atoms with Crippen LogP contribution in [0.15, 0.2) is 24.3 Å². The second-order valence-corrected chi connectivity index (χ2v) is 5.55. The summed E-state index contributed by atoms with van der Waals surface area (Å²) in [5.41, 5.74) is 8.93. The van der Waals surface area contributed by atoms with Gasteiger partial charge in [-0.05, 0) is 36.4 Å². The summed E-state index contributed by atoms with van der Waals surface area (Å²) in [6.07, 6.45) is 0. The van der Waals surface area contributed by atoms with Crippen molar-refractivity contribution in [2.24, 2.45) is 17.6 Å². The minimum absolute atomic E-state index is 0.147. The normalized spacial score (nSPS) is 20.1. The number of nitrogens with two attached hydrogens (primary N) is 1. The predicted molar refractivity (Wildman–Crippen MR) is 71.1 cm³/mol. The number of aryl methyl sites for hydroxylation is 1. The van der Waals surface area contributed by atoms with Gasteiger partial charge in [-0.2, -0.15) is 0 Å². The Morgan fingerprint density at radius 3 is 2.35 bits per heavy atom. The van der Waals surface area contributed by atoms with Gasteiger partial charge in [-0.15, -0.1) is 0 Å². The predicted octanol–water partition coefficient (Wildman–Crippen LogP) is 2.49. The van der Waals surface area contributed by atoms with Gasteiger partial charge in [-0.3, -0.25) is 0 Å². The zero-order valence-electron chi connectivity index (χ0n) is 11.1. The highest BCUT2D eigenvalue weighted by atomic mass is 16.5. The Morgan fingerprint density at radius 2 is 1.94 bits per heavy atom. The van der Waals surface area contributed by atoms with E-state index in [1.807, 2.05) is 0 Å². The Hall–Kier alpha value is -0.860. The lowest BCUT2D eigenvalue weighted by Crippen LogP contribution is -2.56. The molecule has 1 aromatic rings. The van der Waals surface area contributed by atoms with E-state index in [0.29, 0.717) is 11.8 Å². The van der Waals surface area contributed by atoms with E-state index in [2.05, 4.69) is 45.0 Å². The van der Waals surface area contributed by atoms with Crippen LogP contribution in [-0.4, -0.2) is 19.8 Å². The van der Waals surface area contributed by atoms with Crippen molar-refractivity contribution >= 4 is 0 Å². The fraction of sp³-hybridized carbons (Fsp3) is 0.600. The molecule has 1 fully saturated rings. The van der Waals surface area contributed by atoms with Crippen molar-refractivity contribution in [2.75, 3.05) is 19.8 Å². The molecule has 1 unspecified atom stereocenters. The Bertz CT molecular complexity index is 382. The molecule has 0 bridgehead atoms. The van der Waals surface area contributed by atoms with Gasteiger partial charge in [0.1, 0.15) is 0 Å². The monoisotopic (exact) mass is 233 g/mol. The molecular weight excluding hydrogens is 210 g/mol. The number of ether oxygens (including phenoxy) is 1. The van der Waals surface area contributed by atoms with E-state index < -0.39 is 0 Å². The lowest BCUT2D eigenvalue weighted by atomic mass is 9.64. The van der Waals surface area contributed by atoms with Crippen LogP contribution in [0.3, 0.4) is 0 Å². The highest BCUT2D eigenvalue weighted by Crippen LogP contribution is 2.43. The summed E-state index contributed by atoms with van der Waals surface area (Å²) in [5.74, 6) is 1.08. The van der Waals surface area contributed by atoms with Crippen molar-refractivity contribution in [3.05, 3.63) is 35.4 Å². The molecule has 94 valence electrons. The highest BCUT2D eigenvalue weighted by Gasteiger charge is 2.48. The first-order chi connectivity index (χ1) is 8.12. The molecule has 1 atom stereocenters. The maximum absolute atomic E-state index is 6.00. The van der Waals surface area contributed by atoms with Crippen molar-refractivity contribution in [1.29, 1.82) is 0 Å². The Balaban J connectivity index is 2.41. The van der Waals surface area contributed by atoms with E-state index in [1.54, 1.807) is 0 Å². The van der Waals surface area contributed by atoms with Crippen LogP contribution >= 0.6 is 0 Å².